The van der Waals surface area contributed by atoms with Gasteiger partial charge in [-0.25, -0.2) is 4.68 Å². The third-order valence-corrected chi connectivity index (χ3v) is 4.53. The Hall–Kier alpha value is -2.61. The number of carbonyl (C=O) groups excluding carboxylic acids is 1. The highest BCUT2D eigenvalue weighted by Gasteiger charge is 2.19. The molecule has 2 unspecified atom stereocenters. The molecule has 0 bridgehead atoms. The first-order valence-corrected chi connectivity index (χ1v) is 8.47. The van der Waals surface area contributed by atoms with Gasteiger partial charge in [0.2, 0.25) is 5.91 Å². The molecule has 0 spiro atoms. The van der Waals surface area contributed by atoms with Crippen LogP contribution in [0, 0.1) is 5.92 Å². The average molecular weight is 363 g/mol. The standard InChI is InChI=1S/C18H25N3O5/c1-5-11(2)13(10-22)20-15(23)9-21-18(24)16-12(8-19-21)6-7-14(25-3)17(16)26-4/h6-8,11,13,22H,5,9-10H2,1-4H3,(H,20,23). The first-order chi connectivity index (χ1) is 12.5. The van der Waals surface area contributed by atoms with Gasteiger partial charge in [0.1, 0.15) is 6.54 Å². The van der Waals surface area contributed by atoms with Crippen molar-refractivity contribution in [2.75, 3.05) is 20.8 Å². The molecule has 0 aliphatic carbocycles. The lowest BCUT2D eigenvalue weighted by Crippen LogP contribution is -2.44. The van der Waals surface area contributed by atoms with Gasteiger partial charge in [-0.05, 0) is 18.1 Å². The van der Waals surface area contributed by atoms with Gasteiger partial charge in [-0.2, -0.15) is 5.10 Å². The second kappa shape index (κ2) is 8.66. The summed E-state index contributed by atoms with van der Waals surface area (Å²) in [5, 5.41) is 17.1. The largest absolute Gasteiger partial charge is 0.493 e. The van der Waals surface area contributed by atoms with Crippen LogP contribution in [0.1, 0.15) is 20.3 Å². The van der Waals surface area contributed by atoms with Crippen molar-refractivity contribution in [2.24, 2.45) is 5.92 Å². The molecule has 1 aromatic carbocycles. The minimum absolute atomic E-state index is 0.120. The molecule has 0 radical (unpaired) electrons. The molecule has 0 aliphatic rings. The normalized spacial score (nSPS) is 13.3. The van der Waals surface area contributed by atoms with Crippen molar-refractivity contribution < 1.29 is 19.4 Å². The van der Waals surface area contributed by atoms with E-state index >= 15 is 0 Å². The van der Waals surface area contributed by atoms with E-state index in [1.54, 1.807) is 12.1 Å². The number of rotatable bonds is 8. The number of methoxy groups -OCH3 is 2. The monoisotopic (exact) mass is 363 g/mol. The van der Waals surface area contributed by atoms with Crippen LogP contribution in [0.3, 0.4) is 0 Å². The lowest BCUT2D eigenvalue weighted by Gasteiger charge is -2.22. The van der Waals surface area contributed by atoms with Crippen molar-refractivity contribution in [1.82, 2.24) is 15.1 Å². The lowest BCUT2D eigenvalue weighted by atomic mass is 10.00. The predicted octanol–water partition coefficient (Wildman–Crippen LogP) is 0.937. The summed E-state index contributed by atoms with van der Waals surface area (Å²) >= 11 is 0. The summed E-state index contributed by atoms with van der Waals surface area (Å²) in [6.45, 7) is 3.52. The summed E-state index contributed by atoms with van der Waals surface area (Å²) < 4.78 is 11.6. The maximum atomic E-state index is 12.8. The molecule has 2 rings (SSSR count). The molecule has 0 saturated heterocycles. The number of ether oxygens (including phenoxy) is 2. The zero-order valence-electron chi connectivity index (χ0n) is 15.5. The number of nitrogens with one attached hydrogen (secondary N) is 1. The number of carbonyl (C=O) groups is 1. The van der Waals surface area contributed by atoms with Gasteiger partial charge in [0.05, 0.1) is 38.5 Å². The zero-order chi connectivity index (χ0) is 19.3. The summed E-state index contributed by atoms with van der Waals surface area (Å²) in [4.78, 5) is 25.1. The molecule has 8 heteroatoms. The Kier molecular flexibility index (Phi) is 6.57. The van der Waals surface area contributed by atoms with Crippen LogP contribution >= 0.6 is 0 Å². The molecule has 1 aromatic heterocycles. The summed E-state index contributed by atoms with van der Waals surface area (Å²) in [5.74, 6) is 0.463. The van der Waals surface area contributed by atoms with E-state index in [0.29, 0.717) is 22.3 Å². The second-order valence-corrected chi connectivity index (χ2v) is 6.11. The maximum Gasteiger partial charge on any atom is 0.279 e. The Labute approximate surface area is 151 Å². The minimum Gasteiger partial charge on any atom is -0.493 e. The van der Waals surface area contributed by atoms with E-state index in [1.807, 2.05) is 13.8 Å². The topological polar surface area (TPSA) is 103 Å². The molecule has 0 saturated carbocycles. The third-order valence-electron chi connectivity index (χ3n) is 4.53. The Morgan fingerprint density at radius 3 is 2.65 bits per heavy atom. The Morgan fingerprint density at radius 2 is 2.08 bits per heavy atom. The molecule has 1 heterocycles. The van der Waals surface area contributed by atoms with E-state index in [4.69, 9.17) is 9.47 Å². The van der Waals surface area contributed by atoms with Crippen molar-refractivity contribution in [1.29, 1.82) is 0 Å². The molecular weight excluding hydrogens is 338 g/mol. The molecule has 0 aliphatic heterocycles. The molecule has 8 nitrogen and oxygen atoms in total. The van der Waals surface area contributed by atoms with Crippen molar-refractivity contribution in [2.45, 2.75) is 32.9 Å². The number of aliphatic hydroxyl groups is 1. The van der Waals surface area contributed by atoms with Crippen LogP contribution in [-0.2, 0) is 11.3 Å². The predicted molar refractivity (Wildman–Crippen MR) is 97.6 cm³/mol. The number of nitrogens with zero attached hydrogens (tertiary/aromatic N) is 2. The van der Waals surface area contributed by atoms with Gasteiger partial charge in [0, 0.05) is 5.39 Å². The summed E-state index contributed by atoms with van der Waals surface area (Å²) in [6.07, 6.45) is 2.32. The van der Waals surface area contributed by atoms with Gasteiger partial charge in [-0.3, -0.25) is 9.59 Å². The number of aliphatic hydroxyl groups excluding tert-OH is 1. The van der Waals surface area contributed by atoms with E-state index in [0.717, 1.165) is 11.1 Å². The van der Waals surface area contributed by atoms with Crippen molar-refractivity contribution in [3.63, 3.8) is 0 Å². The van der Waals surface area contributed by atoms with Gasteiger partial charge in [0.25, 0.3) is 5.56 Å². The molecular formula is C18H25N3O5. The molecule has 2 atom stereocenters. The van der Waals surface area contributed by atoms with Crippen molar-refractivity contribution in [3.05, 3.63) is 28.7 Å². The number of fused-ring (bicyclic) bond motifs is 1. The highest BCUT2D eigenvalue weighted by Crippen LogP contribution is 2.32. The van der Waals surface area contributed by atoms with Gasteiger partial charge in [0.15, 0.2) is 11.5 Å². The number of benzene rings is 1. The molecule has 1 amide bonds. The fourth-order valence-electron chi connectivity index (χ4n) is 2.74. The van der Waals surface area contributed by atoms with E-state index in [-0.39, 0.29) is 31.0 Å². The van der Waals surface area contributed by atoms with Gasteiger partial charge in [-0.15, -0.1) is 0 Å². The molecule has 2 N–H and O–H groups in total. The van der Waals surface area contributed by atoms with E-state index < -0.39 is 5.56 Å². The van der Waals surface area contributed by atoms with Crippen molar-refractivity contribution in [3.8, 4) is 11.5 Å². The first kappa shape index (κ1) is 19.7. The highest BCUT2D eigenvalue weighted by molar-refractivity contribution is 5.89. The number of amides is 1. The van der Waals surface area contributed by atoms with E-state index in [9.17, 15) is 14.7 Å². The third kappa shape index (κ3) is 3.96. The van der Waals surface area contributed by atoms with Gasteiger partial charge in [-0.1, -0.05) is 20.3 Å². The van der Waals surface area contributed by atoms with E-state index in [2.05, 4.69) is 10.4 Å². The van der Waals surface area contributed by atoms with Crippen LogP contribution in [-0.4, -0.2) is 47.7 Å². The van der Waals surface area contributed by atoms with Gasteiger partial charge < -0.3 is 19.9 Å². The van der Waals surface area contributed by atoms with Crippen LogP contribution in [0.5, 0.6) is 11.5 Å². The van der Waals surface area contributed by atoms with E-state index in [1.165, 1.54) is 20.4 Å². The lowest BCUT2D eigenvalue weighted by molar-refractivity contribution is -0.123. The summed E-state index contributed by atoms with van der Waals surface area (Å²) in [5.41, 5.74) is -0.447. The zero-order valence-corrected chi connectivity index (χ0v) is 15.5. The number of hydrogen-bond donors (Lipinski definition) is 2. The fourth-order valence-corrected chi connectivity index (χ4v) is 2.74. The molecule has 26 heavy (non-hydrogen) atoms. The fraction of sp³-hybridized carbons (Fsp3) is 0.500. The Balaban J connectivity index is 2.34. The second-order valence-electron chi connectivity index (χ2n) is 6.11. The summed E-state index contributed by atoms with van der Waals surface area (Å²) in [6, 6.07) is 3.04. The SMILES string of the molecule is CCC(C)C(CO)NC(=O)Cn1ncc2ccc(OC)c(OC)c2c1=O. The highest BCUT2D eigenvalue weighted by atomic mass is 16.5. The Morgan fingerprint density at radius 1 is 1.35 bits per heavy atom. The number of hydrogen-bond acceptors (Lipinski definition) is 6. The Bertz CT molecular complexity index is 833. The maximum absolute atomic E-state index is 12.8. The van der Waals surface area contributed by atoms with Crippen LogP contribution in [0.4, 0.5) is 0 Å². The molecule has 142 valence electrons. The minimum atomic E-state index is -0.447. The van der Waals surface area contributed by atoms with Crippen LogP contribution in [0.25, 0.3) is 10.8 Å². The summed E-state index contributed by atoms with van der Waals surface area (Å²) in [7, 11) is 2.94. The van der Waals surface area contributed by atoms with Crippen LogP contribution in [0.2, 0.25) is 0 Å². The quantitative estimate of drug-likeness (QED) is 0.723. The number of aromatic nitrogens is 2. The molecule has 2 aromatic rings. The molecule has 0 fully saturated rings. The van der Waals surface area contributed by atoms with Crippen molar-refractivity contribution >= 4 is 16.7 Å². The van der Waals surface area contributed by atoms with Crippen LogP contribution in [0.15, 0.2) is 23.1 Å². The van der Waals surface area contributed by atoms with Gasteiger partial charge >= 0.3 is 0 Å². The first-order valence-electron chi connectivity index (χ1n) is 8.47. The average Bonchev–Trinajstić information content (AvgIpc) is 2.66. The smallest absolute Gasteiger partial charge is 0.279 e. The van der Waals surface area contributed by atoms with Crippen LogP contribution < -0.4 is 20.3 Å².